The van der Waals surface area contributed by atoms with Gasteiger partial charge in [0, 0.05) is 35.2 Å². The number of nitrogens with one attached hydrogen (secondary N) is 2. The summed E-state index contributed by atoms with van der Waals surface area (Å²) in [7, 11) is 0. The van der Waals surface area contributed by atoms with Gasteiger partial charge in [0.05, 0.1) is 0 Å². The van der Waals surface area contributed by atoms with Crippen LogP contribution in [0.1, 0.15) is 31.4 Å². The summed E-state index contributed by atoms with van der Waals surface area (Å²) in [6.45, 7) is 9.82. The van der Waals surface area contributed by atoms with E-state index in [0.29, 0.717) is 16.4 Å². The first-order valence-corrected chi connectivity index (χ1v) is 9.43. The van der Waals surface area contributed by atoms with E-state index in [4.69, 9.17) is 11.6 Å². The van der Waals surface area contributed by atoms with Crippen molar-refractivity contribution in [3.8, 4) is 0 Å². The summed E-state index contributed by atoms with van der Waals surface area (Å²) in [5.41, 5.74) is 4.17. The van der Waals surface area contributed by atoms with Crippen LogP contribution in [0.25, 0.3) is 0 Å². The van der Waals surface area contributed by atoms with E-state index in [0.717, 1.165) is 29.9 Å². The number of carbonyl (C=O) groups is 2. The minimum atomic E-state index is -0.379. The van der Waals surface area contributed by atoms with Crippen molar-refractivity contribution in [3.05, 3.63) is 52.5 Å². The van der Waals surface area contributed by atoms with E-state index in [1.165, 1.54) is 0 Å². The highest BCUT2D eigenvalue weighted by Crippen LogP contribution is 2.24. The summed E-state index contributed by atoms with van der Waals surface area (Å²) in [6, 6.07) is 11.2. The fourth-order valence-corrected chi connectivity index (χ4v) is 3.03. The molecular formula is C21H26ClN3O2. The Labute approximate surface area is 165 Å². The van der Waals surface area contributed by atoms with Gasteiger partial charge in [0.15, 0.2) is 0 Å². The first-order chi connectivity index (χ1) is 12.8. The van der Waals surface area contributed by atoms with Crippen LogP contribution >= 0.6 is 11.6 Å². The normalized spacial score (nSPS) is 10.4. The van der Waals surface area contributed by atoms with E-state index in [2.05, 4.69) is 29.4 Å². The third-order valence-electron chi connectivity index (χ3n) is 4.48. The highest BCUT2D eigenvalue weighted by Gasteiger charge is 2.13. The molecule has 2 aromatic rings. The number of rotatable bonds is 7. The molecule has 5 nitrogen and oxygen atoms in total. The van der Waals surface area contributed by atoms with Crippen LogP contribution < -0.4 is 15.5 Å². The molecule has 0 fully saturated rings. The predicted octanol–water partition coefficient (Wildman–Crippen LogP) is 4.77. The Morgan fingerprint density at radius 2 is 1.59 bits per heavy atom. The fourth-order valence-electron chi connectivity index (χ4n) is 2.85. The van der Waals surface area contributed by atoms with E-state index in [9.17, 15) is 9.59 Å². The summed E-state index contributed by atoms with van der Waals surface area (Å²) in [6.07, 6.45) is -0.261. The number of carbonyl (C=O) groups excluding carboxylic acids is 2. The first-order valence-electron chi connectivity index (χ1n) is 9.06. The molecule has 0 aromatic heterocycles. The lowest BCUT2D eigenvalue weighted by Gasteiger charge is -2.22. The quantitative estimate of drug-likeness (QED) is 0.672. The van der Waals surface area contributed by atoms with Crippen LogP contribution in [-0.4, -0.2) is 24.9 Å². The van der Waals surface area contributed by atoms with Gasteiger partial charge in [-0.1, -0.05) is 17.7 Å². The zero-order chi connectivity index (χ0) is 20.0. The fraction of sp³-hybridized carbons (Fsp3) is 0.333. The minimum absolute atomic E-state index is 0.261. The molecular weight excluding hydrogens is 362 g/mol. The molecule has 0 atom stereocenters. The molecule has 0 unspecified atom stereocenters. The van der Waals surface area contributed by atoms with Crippen LogP contribution in [0.3, 0.4) is 0 Å². The molecule has 0 aliphatic carbocycles. The Bertz CT molecular complexity index is 832. The first kappa shape index (κ1) is 20.8. The Balaban J connectivity index is 1.99. The molecule has 0 heterocycles. The van der Waals surface area contributed by atoms with Crippen molar-refractivity contribution >= 4 is 40.5 Å². The van der Waals surface area contributed by atoms with E-state index in [-0.39, 0.29) is 18.2 Å². The largest absolute Gasteiger partial charge is 0.372 e. The average Bonchev–Trinajstić information content (AvgIpc) is 2.62. The van der Waals surface area contributed by atoms with E-state index in [1.807, 2.05) is 32.0 Å². The van der Waals surface area contributed by atoms with Crippen LogP contribution in [0, 0.1) is 13.8 Å². The lowest BCUT2D eigenvalue weighted by atomic mass is 10.1. The molecule has 2 N–H and O–H groups in total. The molecule has 27 heavy (non-hydrogen) atoms. The van der Waals surface area contributed by atoms with Gasteiger partial charge in [-0.2, -0.15) is 0 Å². The number of amides is 2. The molecule has 0 saturated carbocycles. The molecule has 144 valence electrons. The maximum Gasteiger partial charge on any atom is 0.233 e. The van der Waals surface area contributed by atoms with Crippen LogP contribution in [0.5, 0.6) is 0 Å². The Morgan fingerprint density at radius 1 is 0.963 bits per heavy atom. The molecule has 0 aliphatic rings. The summed E-state index contributed by atoms with van der Waals surface area (Å²) < 4.78 is 0. The van der Waals surface area contributed by atoms with Crippen LogP contribution in [-0.2, 0) is 9.59 Å². The van der Waals surface area contributed by atoms with Crippen LogP contribution in [0.15, 0.2) is 36.4 Å². The molecule has 0 saturated heterocycles. The summed E-state index contributed by atoms with van der Waals surface area (Å²) in [5, 5.41) is 6.11. The van der Waals surface area contributed by atoms with Gasteiger partial charge in [0.1, 0.15) is 6.42 Å². The molecule has 0 aliphatic heterocycles. The zero-order valence-electron chi connectivity index (χ0n) is 16.2. The lowest BCUT2D eigenvalue weighted by Crippen LogP contribution is -2.23. The molecule has 0 spiro atoms. The zero-order valence-corrected chi connectivity index (χ0v) is 17.0. The van der Waals surface area contributed by atoms with Crippen LogP contribution in [0.4, 0.5) is 17.1 Å². The molecule has 0 bridgehead atoms. The lowest BCUT2D eigenvalue weighted by molar-refractivity contribution is -0.123. The standard InChI is InChI=1S/C21H26ClN3O2/c1-5-25(6-2)16-10-11-18(14(3)12-16)23-20(26)13-21(27)24-19-9-7-8-17(22)15(19)4/h7-12H,5-6,13H2,1-4H3,(H,23,26)(H,24,27). The van der Waals surface area contributed by atoms with E-state index in [1.54, 1.807) is 18.2 Å². The summed E-state index contributed by atoms with van der Waals surface area (Å²) in [5.74, 6) is -0.735. The highest BCUT2D eigenvalue weighted by atomic mass is 35.5. The van der Waals surface area contributed by atoms with Crippen molar-refractivity contribution in [2.75, 3.05) is 28.6 Å². The monoisotopic (exact) mass is 387 g/mol. The number of anilines is 3. The molecule has 2 rings (SSSR count). The van der Waals surface area contributed by atoms with Crippen molar-refractivity contribution in [1.29, 1.82) is 0 Å². The number of benzene rings is 2. The van der Waals surface area contributed by atoms with Crippen molar-refractivity contribution in [2.24, 2.45) is 0 Å². The van der Waals surface area contributed by atoms with Crippen molar-refractivity contribution in [1.82, 2.24) is 0 Å². The molecule has 2 amide bonds. The molecule has 2 aromatic carbocycles. The van der Waals surface area contributed by atoms with Gasteiger partial charge >= 0.3 is 0 Å². The maximum absolute atomic E-state index is 12.2. The number of halogens is 1. The van der Waals surface area contributed by atoms with Gasteiger partial charge in [0.25, 0.3) is 0 Å². The van der Waals surface area contributed by atoms with E-state index < -0.39 is 0 Å². The summed E-state index contributed by atoms with van der Waals surface area (Å²) >= 11 is 6.05. The SMILES string of the molecule is CCN(CC)c1ccc(NC(=O)CC(=O)Nc2cccc(Cl)c2C)c(C)c1. The second-order valence-electron chi connectivity index (χ2n) is 6.36. The highest BCUT2D eigenvalue weighted by molar-refractivity contribution is 6.31. The predicted molar refractivity (Wildman–Crippen MR) is 113 cm³/mol. The Morgan fingerprint density at radius 3 is 2.19 bits per heavy atom. The smallest absolute Gasteiger partial charge is 0.233 e. The third kappa shape index (κ3) is 5.47. The van der Waals surface area contributed by atoms with Gasteiger partial charge in [-0.05, 0) is 69.2 Å². The Hall–Kier alpha value is -2.53. The van der Waals surface area contributed by atoms with E-state index >= 15 is 0 Å². The topological polar surface area (TPSA) is 61.4 Å². The second-order valence-corrected chi connectivity index (χ2v) is 6.76. The van der Waals surface area contributed by atoms with Crippen molar-refractivity contribution in [2.45, 2.75) is 34.1 Å². The van der Waals surface area contributed by atoms with Gasteiger partial charge in [0.2, 0.25) is 11.8 Å². The summed E-state index contributed by atoms with van der Waals surface area (Å²) in [4.78, 5) is 26.6. The minimum Gasteiger partial charge on any atom is -0.372 e. The number of hydrogen-bond acceptors (Lipinski definition) is 3. The second kappa shape index (κ2) is 9.42. The number of hydrogen-bond donors (Lipinski definition) is 2. The van der Waals surface area contributed by atoms with Gasteiger partial charge in [-0.15, -0.1) is 0 Å². The number of nitrogens with zero attached hydrogens (tertiary/aromatic N) is 1. The van der Waals surface area contributed by atoms with Crippen molar-refractivity contribution in [3.63, 3.8) is 0 Å². The number of aryl methyl sites for hydroxylation is 1. The van der Waals surface area contributed by atoms with Gasteiger partial charge in [-0.3, -0.25) is 9.59 Å². The van der Waals surface area contributed by atoms with Gasteiger partial charge in [-0.25, -0.2) is 0 Å². The Kier molecular flexibility index (Phi) is 7.25. The molecule has 6 heteroatoms. The van der Waals surface area contributed by atoms with Gasteiger partial charge < -0.3 is 15.5 Å². The average molecular weight is 388 g/mol. The van der Waals surface area contributed by atoms with Crippen molar-refractivity contribution < 1.29 is 9.59 Å². The maximum atomic E-state index is 12.2. The molecule has 0 radical (unpaired) electrons. The third-order valence-corrected chi connectivity index (χ3v) is 4.89. The van der Waals surface area contributed by atoms with Crippen LogP contribution in [0.2, 0.25) is 5.02 Å².